The Labute approximate surface area is 235 Å². The van der Waals surface area contributed by atoms with Crippen LogP contribution >= 0.6 is 0 Å². The lowest BCUT2D eigenvalue weighted by Gasteiger charge is -2.32. The minimum absolute atomic E-state index is 0.00516. The molecule has 3 aromatic rings. The molecular formula is C29H35N7O3S. The van der Waals surface area contributed by atoms with Gasteiger partial charge in [0.1, 0.15) is 35.2 Å². The van der Waals surface area contributed by atoms with Gasteiger partial charge in [0.15, 0.2) is 0 Å². The zero-order valence-corrected chi connectivity index (χ0v) is 23.9. The first kappa shape index (κ1) is 26.7. The van der Waals surface area contributed by atoms with Crippen LogP contribution < -0.4 is 21.1 Å². The van der Waals surface area contributed by atoms with E-state index >= 15 is 0 Å². The normalized spacial score (nSPS) is 20.8. The van der Waals surface area contributed by atoms with Gasteiger partial charge < -0.3 is 21.1 Å². The predicted molar refractivity (Wildman–Crippen MR) is 155 cm³/mol. The summed E-state index contributed by atoms with van der Waals surface area (Å²) in [6.07, 6.45) is 7.01. The highest BCUT2D eigenvalue weighted by atomic mass is 32.2. The van der Waals surface area contributed by atoms with Gasteiger partial charge in [-0.2, -0.15) is 4.31 Å². The Balaban J connectivity index is 1.34. The van der Waals surface area contributed by atoms with E-state index in [1.165, 1.54) is 9.88 Å². The predicted octanol–water partition coefficient (Wildman–Crippen LogP) is 3.23. The number of sulfonamides is 1. The van der Waals surface area contributed by atoms with E-state index in [-0.39, 0.29) is 28.7 Å². The molecule has 2 aliphatic heterocycles. The minimum Gasteiger partial charge on any atom is -0.491 e. The molecule has 4 heterocycles. The van der Waals surface area contributed by atoms with Gasteiger partial charge in [0, 0.05) is 48.6 Å². The Morgan fingerprint density at radius 1 is 1.10 bits per heavy atom. The number of nitrogens with two attached hydrogens (primary N) is 2. The van der Waals surface area contributed by atoms with Gasteiger partial charge in [-0.1, -0.05) is 26.0 Å². The van der Waals surface area contributed by atoms with Crippen molar-refractivity contribution in [2.75, 3.05) is 36.9 Å². The van der Waals surface area contributed by atoms with Gasteiger partial charge in [0.05, 0.1) is 12.2 Å². The molecule has 4 N–H and O–H groups in total. The molecule has 0 radical (unpaired) electrons. The minimum atomic E-state index is -3.81. The third-order valence-corrected chi connectivity index (χ3v) is 9.79. The molecule has 40 heavy (non-hydrogen) atoms. The van der Waals surface area contributed by atoms with Crippen LogP contribution in [0.2, 0.25) is 0 Å². The Hall–Kier alpha value is -3.54. The van der Waals surface area contributed by atoms with Gasteiger partial charge >= 0.3 is 0 Å². The monoisotopic (exact) mass is 561 g/mol. The van der Waals surface area contributed by atoms with Crippen LogP contribution in [0.5, 0.6) is 5.75 Å². The van der Waals surface area contributed by atoms with Crippen molar-refractivity contribution in [1.82, 2.24) is 19.3 Å². The molecule has 0 unspecified atom stereocenters. The summed E-state index contributed by atoms with van der Waals surface area (Å²) in [7, 11) is -3.81. The second-order valence-electron chi connectivity index (χ2n) is 11.6. The second-order valence-corrected chi connectivity index (χ2v) is 13.5. The molecule has 3 aliphatic rings. The number of nitrogen functional groups attached to an aromatic ring is 1. The number of fused-ring (bicyclic) bond motifs is 2. The average molecular weight is 562 g/mol. The van der Waals surface area contributed by atoms with Crippen molar-refractivity contribution in [2.24, 2.45) is 11.1 Å². The van der Waals surface area contributed by atoms with Crippen molar-refractivity contribution < 1.29 is 13.2 Å². The summed E-state index contributed by atoms with van der Waals surface area (Å²) in [5.74, 6) is 1.71. The molecule has 0 spiro atoms. The van der Waals surface area contributed by atoms with E-state index in [1.54, 1.807) is 18.6 Å². The fourth-order valence-corrected chi connectivity index (χ4v) is 7.63. The van der Waals surface area contributed by atoms with Gasteiger partial charge in [-0.15, -0.1) is 0 Å². The molecule has 210 valence electrons. The number of nitrogens with zero attached hydrogens (tertiary/aromatic N) is 5. The number of hydrogen-bond acceptors (Lipinski definition) is 9. The summed E-state index contributed by atoms with van der Waals surface area (Å²) in [4.78, 5) is 15.8. The van der Waals surface area contributed by atoms with Crippen molar-refractivity contribution in [2.45, 2.75) is 51.1 Å². The average Bonchev–Trinajstić information content (AvgIpc) is 3.24. The summed E-state index contributed by atoms with van der Waals surface area (Å²) in [6, 6.07) is 7.32. The highest BCUT2D eigenvalue weighted by Crippen LogP contribution is 2.40. The highest BCUT2D eigenvalue weighted by Gasteiger charge is 2.33. The van der Waals surface area contributed by atoms with E-state index in [0.29, 0.717) is 38.2 Å². The molecule has 1 aliphatic carbocycles. The molecular weight excluding hydrogens is 526 g/mol. The molecule has 1 saturated heterocycles. The van der Waals surface area contributed by atoms with Crippen LogP contribution in [0.1, 0.15) is 44.0 Å². The SMILES string of the molecule is CC1=CC(C)(C)Cc2c1ncnc2N1CCOc2ccc(-c3cnc(N)c(S(=O)(=O)N4CC[C@@H](N)C4)c3)cc2C1. The van der Waals surface area contributed by atoms with Gasteiger partial charge in [-0.25, -0.2) is 23.4 Å². The maximum atomic E-state index is 13.4. The number of rotatable bonds is 4. The molecule has 0 saturated carbocycles. The number of allylic oxidation sites excluding steroid dienone is 2. The quantitative estimate of drug-likeness (QED) is 0.491. The number of benzene rings is 1. The topological polar surface area (TPSA) is 141 Å². The molecule has 1 fully saturated rings. The maximum absolute atomic E-state index is 13.4. The Morgan fingerprint density at radius 3 is 2.70 bits per heavy atom. The molecule has 6 rings (SSSR count). The summed E-state index contributed by atoms with van der Waals surface area (Å²) in [6.45, 7) is 9.02. The number of pyridine rings is 1. The molecule has 0 amide bonds. The third kappa shape index (κ3) is 4.82. The van der Waals surface area contributed by atoms with Gasteiger partial charge in [0.2, 0.25) is 10.0 Å². The molecule has 2 aromatic heterocycles. The van der Waals surface area contributed by atoms with E-state index in [1.807, 2.05) is 18.2 Å². The Kier molecular flexibility index (Phi) is 6.55. The lowest BCUT2D eigenvalue weighted by atomic mass is 9.78. The van der Waals surface area contributed by atoms with Crippen LogP contribution in [-0.2, 0) is 23.0 Å². The van der Waals surface area contributed by atoms with E-state index in [4.69, 9.17) is 21.2 Å². The summed E-state index contributed by atoms with van der Waals surface area (Å²) >= 11 is 0. The lowest BCUT2D eigenvalue weighted by Crippen LogP contribution is -2.32. The van der Waals surface area contributed by atoms with E-state index in [2.05, 4.69) is 41.7 Å². The fourth-order valence-electron chi connectivity index (χ4n) is 6.02. The first-order chi connectivity index (χ1) is 19.0. The number of aromatic nitrogens is 3. The van der Waals surface area contributed by atoms with Gasteiger partial charge in [-0.05, 0) is 54.5 Å². The van der Waals surface area contributed by atoms with Gasteiger partial charge in [-0.3, -0.25) is 0 Å². The van der Waals surface area contributed by atoms with Crippen LogP contribution in [0.4, 0.5) is 11.6 Å². The van der Waals surface area contributed by atoms with E-state index < -0.39 is 10.0 Å². The summed E-state index contributed by atoms with van der Waals surface area (Å²) < 4.78 is 34.2. The van der Waals surface area contributed by atoms with Crippen molar-refractivity contribution >= 4 is 27.2 Å². The van der Waals surface area contributed by atoms with Crippen molar-refractivity contribution in [3.8, 4) is 16.9 Å². The zero-order chi connectivity index (χ0) is 28.2. The molecule has 10 nitrogen and oxygen atoms in total. The molecule has 0 bridgehead atoms. The molecule has 1 atom stereocenters. The first-order valence-electron chi connectivity index (χ1n) is 13.6. The van der Waals surface area contributed by atoms with E-state index in [0.717, 1.165) is 40.4 Å². The number of ether oxygens (including phenoxy) is 1. The van der Waals surface area contributed by atoms with Crippen LogP contribution in [0.3, 0.4) is 0 Å². The van der Waals surface area contributed by atoms with Crippen LogP contribution in [0.25, 0.3) is 16.7 Å². The van der Waals surface area contributed by atoms with Crippen molar-refractivity contribution in [1.29, 1.82) is 0 Å². The number of hydrogen-bond donors (Lipinski definition) is 2. The summed E-state index contributed by atoms with van der Waals surface area (Å²) in [5, 5.41) is 0. The fraction of sp³-hybridized carbons (Fsp3) is 0.414. The van der Waals surface area contributed by atoms with Crippen LogP contribution in [0, 0.1) is 5.41 Å². The Bertz CT molecular complexity index is 1620. The molecule has 11 heteroatoms. The third-order valence-electron chi connectivity index (χ3n) is 7.90. The van der Waals surface area contributed by atoms with E-state index in [9.17, 15) is 8.42 Å². The van der Waals surface area contributed by atoms with Crippen molar-refractivity contribution in [3.63, 3.8) is 0 Å². The largest absolute Gasteiger partial charge is 0.491 e. The van der Waals surface area contributed by atoms with Gasteiger partial charge in [0.25, 0.3) is 0 Å². The van der Waals surface area contributed by atoms with Crippen LogP contribution in [0.15, 0.2) is 47.8 Å². The highest BCUT2D eigenvalue weighted by molar-refractivity contribution is 7.89. The summed E-state index contributed by atoms with van der Waals surface area (Å²) in [5.41, 5.74) is 17.9. The second kappa shape index (κ2) is 9.83. The first-order valence-corrected chi connectivity index (χ1v) is 15.0. The number of anilines is 2. The molecule has 1 aromatic carbocycles. The smallest absolute Gasteiger partial charge is 0.246 e. The zero-order valence-electron chi connectivity index (χ0n) is 23.1. The maximum Gasteiger partial charge on any atom is 0.246 e. The Morgan fingerprint density at radius 2 is 1.93 bits per heavy atom. The standard InChI is InChI=1S/C29H35N7O3S/c1-18-12-29(2,3)13-23-26(18)33-17-34-28(23)35-8-9-39-24-5-4-19(10-21(24)15-35)20-11-25(27(31)32-14-20)40(37,38)36-7-6-22(30)16-36/h4-5,10-12,14,17,22H,6-9,13,15-16,30H2,1-3H3,(H2,31,32)/t22-/m1/s1. The van der Waals surface area contributed by atoms with Crippen molar-refractivity contribution in [3.05, 3.63) is 59.7 Å². The lowest BCUT2D eigenvalue weighted by molar-refractivity contribution is 0.331. The van der Waals surface area contributed by atoms with Crippen LogP contribution in [-0.4, -0.2) is 60.0 Å².